The molecule has 220 valence electrons. The van der Waals surface area contributed by atoms with Crippen LogP contribution < -0.4 is 9.47 Å². The fourth-order valence-corrected chi connectivity index (χ4v) is 5.75. The predicted molar refractivity (Wildman–Crippen MR) is 165 cm³/mol. The number of nitrogens with zero attached hydrogens (tertiary/aromatic N) is 2. The molecule has 1 fully saturated rings. The number of ether oxygens (including phenoxy) is 3. The molecule has 6 nitrogen and oxygen atoms in total. The van der Waals surface area contributed by atoms with Crippen LogP contribution in [0.15, 0.2) is 103 Å². The van der Waals surface area contributed by atoms with Crippen LogP contribution in [0.4, 0.5) is 4.39 Å². The number of fused-ring (bicyclic) bond motifs is 1. The lowest BCUT2D eigenvalue weighted by Gasteiger charge is -2.29. The zero-order chi connectivity index (χ0) is 29.6. The third kappa shape index (κ3) is 6.57. The van der Waals surface area contributed by atoms with Crippen LogP contribution >= 0.6 is 0 Å². The van der Waals surface area contributed by atoms with Gasteiger partial charge in [-0.05, 0) is 52.6 Å². The SMILES string of the molecule is COc1cc([C@@H](CC(=O)N2CCOCC2)c2cn(Cc3ccc(F)cc3)c3ccccc23)ccc1OCc1ccccc1. The fourth-order valence-electron chi connectivity index (χ4n) is 5.75. The second kappa shape index (κ2) is 13.1. The first kappa shape index (κ1) is 28.5. The summed E-state index contributed by atoms with van der Waals surface area (Å²) in [7, 11) is 1.64. The first-order chi connectivity index (χ1) is 21.1. The van der Waals surface area contributed by atoms with Gasteiger partial charge in [0, 0.05) is 49.1 Å². The molecule has 0 N–H and O–H groups in total. The third-order valence-corrected chi connectivity index (χ3v) is 8.03. The highest BCUT2D eigenvalue weighted by Gasteiger charge is 2.27. The number of para-hydroxylation sites is 1. The summed E-state index contributed by atoms with van der Waals surface area (Å²) in [6, 6.07) is 30.8. The Hall–Kier alpha value is -4.62. The Labute approximate surface area is 251 Å². The van der Waals surface area contributed by atoms with Gasteiger partial charge in [-0.25, -0.2) is 4.39 Å². The lowest BCUT2D eigenvalue weighted by atomic mass is 9.87. The first-order valence-electron chi connectivity index (χ1n) is 14.6. The average Bonchev–Trinajstić information content (AvgIpc) is 3.42. The van der Waals surface area contributed by atoms with Crippen molar-refractivity contribution in [2.75, 3.05) is 33.4 Å². The molecule has 4 aromatic carbocycles. The first-order valence-corrected chi connectivity index (χ1v) is 14.6. The van der Waals surface area contributed by atoms with Gasteiger partial charge in [0.25, 0.3) is 0 Å². The van der Waals surface area contributed by atoms with E-state index in [9.17, 15) is 9.18 Å². The van der Waals surface area contributed by atoms with Gasteiger partial charge in [0.15, 0.2) is 11.5 Å². The van der Waals surface area contributed by atoms with Crippen molar-refractivity contribution in [2.45, 2.75) is 25.5 Å². The van der Waals surface area contributed by atoms with Gasteiger partial charge >= 0.3 is 0 Å². The molecule has 0 radical (unpaired) electrons. The molecule has 0 aliphatic carbocycles. The summed E-state index contributed by atoms with van der Waals surface area (Å²) in [6.45, 7) is 3.29. The standard InChI is InChI=1S/C36H35FN2O4/c1-41-35-21-28(13-16-34(35)43-25-27-7-3-2-4-8-27)31(22-36(40)38-17-19-42-20-18-38)32-24-39(33-10-6-5-9-30(32)33)23-26-11-14-29(37)15-12-26/h2-16,21,24,31H,17-20,22-23,25H2,1H3/t31-/m1/s1. The summed E-state index contributed by atoms with van der Waals surface area (Å²) < 4.78 is 33.2. The minimum absolute atomic E-state index is 0.0898. The molecular weight excluding hydrogens is 543 g/mol. The van der Waals surface area contributed by atoms with Gasteiger partial charge in [-0.1, -0.05) is 66.7 Å². The smallest absolute Gasteiger partial charge is 0.223 e. The normalized spacial score (nSPS) is 14.0. The van der Waals surface area contributed by atoms with Crippen molar-refractivity contribution in [3.63, 3.8) is 0 Å². The molecule has 5 aromatic rings. The Balaban J connectivity index is 1.37. The summed E-state index contributed by atoms with van der Waals surface area (Å²) in [5.41, 5.74) is 5.14. The molecule has 7 heteroatoms. The Kier molecular flexibility index (Phi) is 8.70. The van der Waals surface area contributed by atoms with E-state index in [4.69, 9.17) is 14.2 Å². The van der Waals surface area contributed by atoms with Crippen LogP contribution in [0.1, 0.15) is 34.6 Å². The van der Waals surface area contributed by atoms with Gasteiger partial charge in [-0.3, -0.25) is 4.79 Å². The second-order valence-corrected chi connectivity index (χ2v) is 10.8. The molecule has 0 spiro atoms. The monoisotopic (exact) mass is 578 g/mol. The van der Waals surface area contributed by atoms with Crippen LogP contribution in [0, 0.1) is 5.82 Å². The summed E-state index contributed by atoms with van der Waals surface area (Å²) in [5.74, 6) is 0.867. The van der Waals surface area contributed by atoms with Gasteiger partial charge in [-0.2, -0.15) is 0 Å². The summed E-state index contributed by atoms with van der Waals surface area (Å²) in [5, 5.41) is 1.08. The van der Waals surface area contributed by atoms with Gasteiger partial charge in [0.05, 0.1) is 20.3 Å². The fraction of sp³-hybridized carbons (Fsp3) is 0.250. The third-order valence-electron chi connectivity index (χ3n) is 8.03. The predicted octanol–water partition coefficient (Wildman–Crippen LogP) is 6.80. The topological polar surface area (TPSA) is 52.9 Å². The van der Waals surface area contributed by atoms with Crippen LogP contribution in [0.25, 0.3) is 10.9 Å². The van der Waals surface area contributed by atoms with Gasteiger partial charge < -0.3 is 23.7 Å². The molecule has 1 atom stereocenters. The van der Waals surface area contributed by atoms with E-state index in [0.717, 1.165) is 33.2 Å². The average molecular weight is 579 g/mol. The van der Waals surface area contributed by atoms with Crippen molar-refractivity contribution in [3.05, 3.63) is 131 Å². The number of methoxy groups -OCH3 is 1. The van der Waals surface area contributed by atoms with Crippen molar-refractivity contribution in [2.24, 2.45) is 0 Å². The molecule has 2 heterocycles. The van der Waals surface area contributed by atoms with Gasteiger partial charge in [-0.15, -0.1) is 0 Å². The number of carbonyl (C=O) groups excluding carboxylic acids is 1. The Morgan fingerprint density at radius 1 is 0.884 bits per heavy atom. The molecule has 1 aliphatic heterocycles. The lowest BCUT2D eigenvalue weighted by molar-refractivity contribution is -0.135. The highest BCUT2D eigenvalue weighted by atomic mass is 19.1. The van der Waals surface area contributed by atoms with Crippen LogP contribution in [0.5, 0.6) is 11.5 Å². The van der Waals surface area contributed by atoms with E-state index >= 15 is 0 Å². The molecule has 1 saturated heterocycles. The molecule has 0 unspecified atom stereocenters. The number of rotatable bonds is 10. The van der Waals surface area contributed by atoms with Gasteiger partial charge in [0.2, 0.25) is 5.91 Å². The summed E-state index contributed by atoms with van der Waals surface area (Å²) >= 11 is 0. The Morgan fingerprint density at radius 3 is 2.40 bits per heavy atom. The summed E-state index contributed by atoms with van der Waals surface area (Å²) in [4.78, 5) is 15.6. The van der Waals surface area contributed by atoms with E-state index in [0.29, 0.717) is 57.4 Å². The number of aromatic nitrogens is 1. The molecule has 43 heavy (non-hydrogen) atoms. The molecular formula is C36H35FN2O4. The second-order valence-electron chi connectivity index (χ2n) is 10.8. The Bertz CT molecular complexity index is 1680. The van der Waals surface area contributed by atoms with Crippen LogP contribution in [-0.2, 0) is 22.7 Å². The van der Waals surface area contributed by atoms with E-state index in [1.165, 1.54) is 12.1 Å². The number of halogens is 1. The number of carbonyl (C=O) groups is 1. The van der Waals surface area contributed by atoms with E-state index in [2.05, 4.69) is 22.9 Å². The maximum Gasteiger partial charge on any atom is 0.223 e. The molecule has 1 aromatic heterocycles. The number of morpholine rings is 1. The Morgan fingerprint density at radius 2 is 1.63 bits per heavy atom. The lowest BCUT2D eigenvalue weighted by Crippen LogP contribution is -2.41. The zero-order valence-electron chi connectivity index (χ0n) is 24.2. The van der Waals surface area contributed by atoms with Gasteiger partial charge in [0.1, 0.15) is 12.4 Å². The van der Waals surface area contributed by atoms with Crippen LogP contribution in [-0.4, -0.2) is 48.8 Å². The summed E-state index contributed by atoms with van der Waals surface area (Å²) in [6.07, 6.45) is 2.44. The minimum atomic E-state index is -0.256. The van der Waals surface area contributed by atoms with Crippen LogP contribution in [0.3, 0.4) is 0 Å². The number of benzene rings is 4. The molecule has 0 saturated carbocycles. The van der Waals surface area contributed by atoms with Crippen molar-refractivity contribution >= 4 is 16.8 Å². The number of amides is 1. The van der Waals surface area contributed by atoms with Crippen molar-refractivity contribution in [3.8, 4) is 11.5 Å². The molecule has 6 rings (SSSR count). The highest BCUT2D eigenvalue weighted by molar-refractivity contribution is 5.87. The quantitative estimate of drug-likeness (QED) is 0.183. The van der Waals surface area contributed by atoms with Crippen molar-refractivity contribution < 1.29 is 23.4 Å². The largest absolute Gasteiger partial charge is 0.493 e. The van der Waals surface area contributed by atoms with Crippen molar-refractivity contribution in [1.29, 1.82) is 0 Å². The molecule has 1 aliphatic rings. The maximum atomic E-state index is 13.7. The van der Waals surface area contributed by atoms with E-state index in [1.807, 2.05) is 77.7 Å². The molecule has 0 bridgehead atoms. The van der Waals surface area contributed by atoms with E-state index in [1.54, 1.807) is 7.11 Å². The highest BCUT2D eigenvalue weighted by Crippen LogP contribution is 2.39. The number of hydrogen-bond donors (Lipinski definition) is 0. The van der Waals surface area contributed by atoms with Crippen LogP contribution in [0.2, 0.25) is 0 Å². The van der Waals surface area contributed by atoms with E-state index in [-0.39, 0.29) is 17.6 Å². The number of hydrogen-bond acceptors (Lipinski definition) is 4. The van der Waals surface area contributed by atoms with Crippen molar-refractivity contribution in [1.82, 2.24) is 9.47 Å². The van der Waals surface area contributed by atoms with E-state index < -0.39 is 0 Å². The maximum absolute atomic E-state index is 13.7. The minimum Gasteiger partial charge on any atom is -0.493 e. The zero-order valence-corrected chi connectivity index (χ0v) is 24.2. The molecule has 1 amide bonds.